The second-order valence-electron chi connectivity index (χ2n) is 8.49. The van der Waals surface area contributed by atoms with E-state index in [0.717, 1.165) is 33.4 Å². The zero-order valence-corrected chi connectivity index (χ0v) is 19.9. The summed E-state index contributed by atoms with van der Waals surface area (Å²) in [5, 5.41) is 12.8. The van der Waals surface area contributed by atoms with Crippen LogP contribution in [-0.2, 0) is 16.0 Å². The van der Waals surface area contributed by atoms with Crippen LogP contribution in [-0.4, -0.2) is 39.8 Å². The molecule has 1 atom stereocenters. The summed E-state index contributed by atoms with van der Waals surface area (Å²) < 4.78 is 5.54. The first-order valence-corrected chi connectivity index (χ1v) is 11.8. The van der Waals surface area contributed by atoms with Gasteiger partial charge >= 0.3 is 12.1 Å². The Labute approximate surface area is 212 Å². The molecule has 1 aliphatic rings. The number of rotatable bonds is 7. The summed E-state index contributed by atoms with van der Waals surface area (Å²) in [4.78, 5) is 32.8. The van der Waals surface area contributed by atoms with E-state index < -0.39 is 18.1 Å². The second-order valence-corrected chi connectivity index (χ2v) is 8.93. The molecule has 1 amide bonds. The SMILES string of the molecule is O=C(N[C@@H](Cc1cc(Cl)ccc1-c1cncnc1)C(=O)O)OCC1c2ccccc2-c2ccccc21. The van der Waals surface area contributed by atoms with Crippen molar-refractivity contribution in [1.29, 1.82) is 0 Å². The van der Waals surface area contributed by atoms with Crippen LogP contribution in [0.25, 0.3) is 22.3 Å². The quantitative estimate of drug-likeness (QED) is 0.356. The van der Waals surface area contributed by atoms with Crippen molar-refractivity contribution in [2.75, 3.05) is 6.61 Å². The number of nitrogens with zero attached hydrogens (tertiary/aromatic N) is 2. The molecule has 8 heteroatoms. The van der Waals surface area contributed by atoms with Crippen LogP contribution in [0.15, 0.2) is 85.5 Å². The van der Waals surface area contributed by atoms with Crippen molar-refractivity contribution < 1.29 is 19.4 Å². The number of amides is 1. The molecule has 3 aromatic carbocycles. The number of halogens is 1. The van der Waals surface area contributed by atoms with E-state index in [1.807, 2.05) is 36.4 Å². The Morgan fingerprint density at radius 1 is 0.944 bits per heavy atom. The first-order chi connectivity index (χ1) is 17.5. The molecular weight excluding hydrogens is 478 g/mol. The molecule has 0 radical (unpaired) electrons. The lowest BCUT2D eigenvalue weighted by Gasteiger charge is -2.19. The van der Waals surface area contributed by atoms with E-state index in [4.69, 9.17) is 16.3 Å². The lowest BCUT2D eigenvalue weighted by atomic mass is 9.96. The number of carbonyl (C=O) groups is 2. The van der Waals surface area contributed by atoms with Crippen LogP contribution in [0, 0.1) is 0 Å². The fourth-order valence-electron chi connectivity index (χ4n) is 4.65. The number of aliphatic carboxylic acids is 1. The average Bonchev–Trinajstić information content (AvgIpc) is 3.21. The molecule has 0 fully saturated rings. The van der Waals surface area contributed by atoms with E-state index in [0.29, 0.717) is 10.6 Å². The molecule has 0 bridgehead atoms. The fourth-order valence-corrected chi connectivity index (χ4v) is 4.85. The maximum atomic E-state index is 12.7. The summed E-state index contributed by atoms with van der Waals surface area (Å²) in [5.74, 6) is -1.30. The number of carboxylic acid groups (broad SMARTS) is 1. The van der Waals surface area contributed by atoms with E-state index in [1.54, 1.807) is 30.6 Å². The molecule has 0 saturated carbocycles. The molecule has 180 valence electrons. The van der Waals surface area contributed by atoms with Crippen molar-refractivity contribution in [1.82, 2.24) is 15.3 Å². The fraction of sp³-hybridized carbons (Fsp3) is 0.143. The highest BCUT2D eigenvalue weighted by molar-refractivity contribution is 6.30. The molecule has 0 aliphatic heterocycles. The summed E-state index contributed by atoms with van der Waals surface area (Å²) >= 11 is 6.19. The van der Waals surface area contributed by atoms with Crippen LogP contribution in [0.5, 0.6) is 0 Å². The number of benzene rings is 3. The van der Waals surface area contributed by atoms with Crippen molar-refractivity contribution in [2.45, 2.75) is 18.4 Å². The Bertz CT molecular complexity index is 1380. The average molecular weight is 500 g/mol. The highest BCUT2D eigenvalue weighted by Crippen LogP contribution is 2.44. The molecule has 2 N–H and O–H groups in total. The smallest absolute Gasteiger partial charge is 0.407 e. The molecule has 1 aliphatic carbocycles. The molecule has 1 aromatic heterocycles. The number of fused-ring (bicyclic) bond motifs is 3. The van der Waals surface area contributed by atoms with Crippen molar-refractivity contribution in [3.63, 3.8) is 0 Å². The molecule has 5 rings (SSSR count). The molecule has 0 spiro atoms. The van der Waals surface area contributed by atoms with Crippen molar-refractivity contribution in [3.8, 4) is 22.3 Å². The van der Waals surface area contributed by atoms with Gasteiger partial charge in [0.25, 0.3) is 0 Å². The van der Waals surface area contributed by atoms with Gasteiger partial charge in [-0.15, -0.1) is 0 Å². The largest absolute Gasteiger partial charge is 0.480 e. The monoisotopic (exact) mass is 499 g/mol. The van der Waals surface area contributed by atoms with Crippen molar-refractivity contribution in [3.05, 3.63) is 107 Å². The number of ether oxygens (including phenoxy) is 1. The van der Waals surface area contributed by atoms with E-state index >= 15 is 0 Å². The molecule has 7 nitrogen and oxygen atoms in total. The zero-order chi connectivity index (χ0) is 25.1. The Morgan fingerprint density at radius 3 is 2.22 bits per heavy atom. The predicted octanol–water partition coefficient (Wildman–Crippen LogP) is 5.33. The highest BCUT2D eigenvalue weighted by Gasteiger charge is 2.30. The van der Waals surface area contributed by atoms with Crippen molar-refractivity contribution in [2.24, 2.45) is 0 Å². The number of alkyl carbamates (subject to hydrolysis) is 1. The second kappa shape index (κ2) is 10.2. The van der Waals surface area contributed by atoms with Gasteiger partial charge in [-0.25, -0.2) is 19.6 Å². The van der Waals surface area contributed by atoms with Gasteiger partial charge < -0.3 is 15.2 Å². The highest BCUT2D eigenvalue weighted by atomic mass is 35.5. The maximum Gasteiger partial charge on any atom is 0.407 e. The third-order valence-corrected chi connectivity index (χ3v) is 6.53. The van der Waals surface area contributed by atoms with Crippen molar-refractivity contribution >= 4 is 23.7 Å². The minimum atomic E-state index is -1.22. The van der Waals surface area contributed by atoms with Crippen LogP contribution < -0.4 is 5.32 Å². The van der Waals surface area contributed by atoms with Crippen LogP contribution in [0.4, 0.5) is 4.79 Å². The summed E-state index contributed by atoms with van der Waals surface area (Å²) in [6.45, 7) is 0.0932. The molecule has 4 aromatic rings. The Hall–Kier alpha value is -4.23. The number of hydrogen-bond acceptors (Lipinski definition) is 5. The van der Waals surface area contributed by atoms with E-state index in [2.05, 4.69) is 27.4 Å². The molecule has 1 heterocycles. The third-order valence-electron chi connectivity index (χ3n) is 6.30. The first-order valence-electron chi connectivity index (χ1n) is 11.4. The predicted molar refractivity (Wildman–Crippen MR) is 136 cm³/mol. The Morgan fingerprint density at radius 2 is 1.58 bits per heavy atom. The van der Waals surface area contributed by atoms with E-state index in [9.17, 15) is 14.7 Å². The Balaban J connectivity index is 1.31. The van der Waals surface area contributed by atoms with Gasteiger partial charge in [0.05, 0.1) is 0 Å². The van der Waals surface area contributed by atoms with Gasteiger partial charge in [0.2, 0.25) is 0 Å². The summed E-state index contributed by atoms with van der Waals surface area (Å²) in [5.41, 5.74) is 6.48. The van der Waals surface area contributed by atoms with Gasteiger partial charge in [0.15, 0.2) is 0 Å². The van der Waals surface area contributed by atoms with E-state index in [-0.39, 0.29) is 18.9 Å². The maximum absolute atomic E-state index is 12.7. The van der Waals surface area contributed by atoms with Crippen LogP contribution in [0.2, 0.25) is 5.02 Å². The van der Waals surface area contributed by atoms with Gasteiger partial charge in [-0.3, -0.25) is 0 Å². The van der Waals surface area contributed by atoms with Crippen LogP contribution in [0.3, 0.4) is 0 Å². The first kappa shape index (κ1) is 23.5. The summed E-state index contributed by atoms with van der Waals surface area (Å²) in [6.07, 6.45) is 3.89. The van der Waals surface area contributed by atoms with Crippen LogP contribution >= 0.6 is 11.6 Å². The minimum Gasteiger partial charge on any atom is -0.480 e. The lowest BCUT2D eigenvalue weighted by molar-refractivity contribution is -0.139. The zero-order valence-electron chi connectivity index (χ0n) is 19.1. The lowest BCUT2D eigenvalue weighted by Crippen LogP contribution is -2.43. The summed E-state index contributed by atoms with van der Waals surface area (Å²) in [6, 6.07) is 20.0. The Kier molecular flexibility index (Phi) is 6.64. The standard InChI is InChI=1S/C28H22ClN3O4/c29-19-9-10-20(18-13-30-16-31-14-18)17(11-19)12-26(27(33)34)32-28(35)36-15-25-23-7-3-1-5-21(23)22-6-2-4-8-24(22)25/h1-11,13-14,16,25-26H,12,15H2,(H,32,35)(H,33,34)/t26-/m0/s1. The van der Waals surface area contributed by atoms with Gasteiger partial charge in [0.1, 0.15) is 19.0 Å². The number of aromatic nitrogens is 2. The molecule has 0 saturated heterocycles. The molecule has 36 heavy (non-hydrogen) atoms. The number of nitrogens with one attached hydrogen (secondary N) is 1. The molecular formula is C28H22ClN3O4. The molecule has 0 unspecified atom stereocenters. The van der Waals surface area contributed by atoms with Gasteiger partial charge in [-0.2, -0.15) is 0 Å². The van der Waals surface area contributed by atoms with Gasteiger partial charge in [-0.05, 0) is 45.5 Å². The number of hydrogen-bond donors (Lipinski definition) is 2. The van der Waals surface area contributed by atoms with Gasteiger partial charge in [0, 0.05) is 35.3 Å². The van der Waals surface area contributed by atoms with Gasteiger partial charge in [-0.1, -0.05) is 66.2 Å². The van der Waals surface area contributed by atoms with Crippen LogP contribution in [0.1, 0.15) is 22.6 Å². The third kappa shape index (κ3) is 4.78. The topological polar surface area (TPSA) is 101 Å². The summed E-state index contributed by atoms with van der Waals surface area (Å²) in [7, 11) is 0. The normalized spacial score (nSPS) is 12.9. The number of carbonyl (C=O) groups excluding carboxylic acids is 1. The van der Waals surface area contributed by atoms with E-state index in [1.165, 1.54) is 6.33 Å². The number of carboxylic acids is 1. The minimum absolute atomic E-state index is 0.00428.